The van der Waals surface area contributed by atoms with E-state index in [4.69, 9.17) is 16.3 Å². The van der Waals surface area contributed by atoms with E-state index in [1.165, 1.54) is 13.0 Å². The van der Waals surface area contributed by atoms with Crippen molar-refractivity contribution in [3.8, 4) is 0 Å². The number of amides is 1. The molecule has 0 spiro atoms. The lowest BCUT2D eigenvalue weighted by Gasteiger charge is -2.13. The highest BCUT2D eigenvalue weighted by molar-refractivity contribution is 7.98. The summed E-state index contributed by atoms with van der Waals surface area (Å²) in [4.78, 5) is 25.1. The van der Waals surface area contributed by atoms with E-state index in [-0.39, 0.29) is 0 Å². The van der Waals surface area contributed by atoms with Crippen molar-refractivity contribution in [2.45, 2.75) is 17.9 Å². The van der Waals surface area contributed by atoms with Crippen molar-refractivity contribution < 1.29 is 14.3 Å². The molecule has 0 saturated heterocycles. The quantitative estimate of drug-likeness (QED) is 0.453. The number of ether oxygens (including phenoxy) is 1. The van der Waals surface area contributed by atoms with Crippen LogP contribution in [0.3, 0.4) is 0 Å². The zero-order valence-corrected chi connectivity index (χ0v) is 15.4. The highest BCUT2D eigenvalue weighted by atomic mass is 35.5. The summed E-state index contributed by atoms with van der Waals surface area (Å²) in [6, 6.07) is 14.6. The van der Waals surface area contributed by atoms with Crippen LogP contribution < -0.4 is 5.32 Å². The fraction of sp³-hybridized carbons (Fsp3) is 0.158. The van der Waals surface area contributed by atoms with E-state index >= 15 is 0 Å². The van der Waals surface area contributed by atoms with Crippen molar-refractivity contribution in [1.82, 2.24) is 0 Å². The van der Waals surface area contributed by atoms with Crippen LogP contribution in [0.5, 0.6) is 0 Å². The number of anilines is 1. The van der Waals surface area contributed by atoms with Crippen LogP contribution in [0, 0.1) is 0 Å². The smallest absolute Gasteiger partial charge is 0.331 e. The number of esters is 1. The SMILES string of the molecule is CSc1ccc(/C=C/C(=O)O[C@@H](C)C(=O)Nc2ccccc2Cl)cc1. The predicted octanol–water partition coefficient (Wildman–Crippen LogP) is 4.65. The number of carbonyl (C=O) groups excluding carboxylic acids is 2. The summed E-state index contributed by atoms with van der Waals surface area (Å²) in [5.41, 5.74) is 1.35. The molecule has 6 heteroatoms. The van der Waals surface area contributed by atoms with E-state index in [2.05, 4.69) is 5.32 Å². The lowest BCUT2D eigenvalue weighted by molar-refractivity contribution is -0.148. The average Bonchev–Trinajstić information content (AvgIpc) is 2.62. The molecule has 4 nitrogen and oxygen atoms in total. The highest BCUT2D eigenvalue weighted by Gasteiger charge is 2.17. The summed E-state index contributed by atoms with van der Waals surface area (Å²) < 4.78 is 5.11. The minimum atomic E-state index is -0.938. The number of carbonyl (C=O) groups is 2. The van der Waals surface area contributed by atoms with Gasteiger partial charge in [0.1, 0.15) is 0 Å². The van der Waals surface area contributed by atoms with Crippen LogP contribution in [0.25, 0.3) is 6.08 Å². The Morgan fingerprint density at radius 2 is 1.84 bits per heavy atom. The minimum Gasteiger partial charge on any atom is -0.449 e. The molecule has 0 radical (unpaired) electrons. The number of para-hydroxylation sites is 1. The normalized spacial score (nSPS) is 12.0. The Labute approximate surface area is 156 Å². The summed E-state index contributed by atoms with van der Waals surface area (Å²) in [6.07, 6.45) is 4.00. The Bertz CT molecular complexity index is 774. The van der Waals surface area contributed by atoms with Gasteiger partial charge in [-0.05, 0) is 49.1 Å². The molecule has 1 N–H and O–H groups in total. The molecule has 0 bridgehead atoms. The Kier molecular flexibility index (Phi) is 7.10. The van der Waals surface area contributed by atoms with Crippen LogP contribution in [-0.4, -0.2) is 24.2 Å². The first-order valence-corrected chi connectivity index (χ1v) is 9.18. The largest absolute Gasteiger partial charge is 0.449 e. The van der Waals surface area contributed by atoms with E-state index in [9.17, 15) is 9.59 Å². The standard InChI is InChI=1S/C19H18ClNO3S/c1-13(19(23)21-17-6-4-3-5-16(17)20)24-18(22)12-9-14-7-10-15(25-2)11-8-14/h3-13H,1-2H3,(H,21,23)/b12-9+/t13-/m0/s1. The number of hydrogen-bond acceptors (Lipinski definition) is 4. The molecule has 0 saturated carbocycles. The third-order valence-electron chi connectivity index (χ3n) is 3.32. The third kappa shape index (κ3) is 5.96. The summed E-state index contributed by atoms with van der Waals surface area (Å²) in [5.74, 6) is -1.03. The molecule has 1 atom stereocenters. The Morgan fingerprint density at radius 1 is 1.16 bits per heavy atom. The number of thioether (sulfide) groups is 1. The van der Waals surface area contributed by atoms with Crippen molar-refractivity contribution in [2.24, 2.45) is 0 Å². The van der Waals surface area contributed by atoms with Crippen LogP contribution in [0.4, 0.5) is 5.69 Å². The summed E-state index contributed by atoms with van der Waals surface area (Å²) in [7, 11) is 0. The fourth-order valence-electron chi connectivity index (χ4n) is 1.94. The molecule has 2 aromatic rings. The van der Waals surface area contributed by atoms with Crippen molar-refractivity contribution >= 4 is 47.0 Å². The third-order valence-corrected chi connectivity index (χ3v) is 4.39. The molecular weight excluding hydrogens is 358 g/mol. The molecule has 1 amide bonds. The van der Waals surface area contributed by atoms with Crippen LogP contribution in [0.1, 0.15) is 12.5 Å². The fourth-order valence-corrected chi connectivity index (χ4v) is 2.53. The van der Waals surface area contributed by atoms with E-state index < -0.39 is 18.0 Å². The minimum absolute atomic E-state index is 0.419. The number of nitrogens with one attached hydrogen (secondary N) is 1. The van der Waals surface area contributed by atoms with Crippen molar-refractivity contribution in [2.75, 3.05) is 11.6 Å². The first kappa shape index (κ1) is 19.1. The summed E-state index contributed by atoms with van der Waals surface area (Å²) >= 11 is 7.63. The lowest BCUT2D eigenvalue weighted by Crippen LogP contribution is -2.29. The molecular formula is C19H18ClNO3S. The summed E-state index contributed by atoms with van der Waals surface area (Å²) in [5, 5.41) is 3.05. The van der Waals surface area contributed by atoms with Gasteiger partial charge in [-0.2, -0.15) is 0 Å². The van der Waals surface area contributed by atoms with Crippen molar-refractivity contribution in [3.63, 3.8) is 0 Å². The van der Waals surface area contributed by atoms with Gasteiger partial charge in [-0.3, -0.25) is 4.79 Å². The molecule has 0 heterocycles. The zero-order valence-electron chi connectivity index (χ0n) is 13.9. The van der Waals surface area contributed by atoms with Gasteiger partial charge in [0.15, 0.2) is 6.10 Å². The van der Waals surface area contributed by atoms with Gasteiger partial charge in [0.05, 0.1) is 10.7 Å². The molecule has 0 aliphatic carbocycles. The molecule has 0 aromatic heterocycles. The van der Waals surface area contributed by atoms with E-state index in [1.807, 2.05) is 30.5 Å². The van der Waals surface area contributed by atoms with E-state index in [0.717, 1.165) is 10.5 Å². The Hall–Kier alpha value is -2.24. The van der Waals surface area contributed by atoms with E-state index in [0.29, 0.717) is 10.7 Å². The number of hydrogen-bond donors (Lipinski definition) is 1. The number of halogens is 1. The molecule has 0 unspecified atom stereocenters. The zero-order chi connectivity index (χ0) is 18.2. The first-order valence-electron chi connectivity index (χ1n) is 7.57. The van der Waals surface area contributed by atoms with Gasteiger partial charge in [-0.25, -0.2) is 4.79 Å². The lowest BCUT2D eigenvalue weighted by atomic mass is 10.2. The maximum atomic E-state index is 12.1. The molecule has 0 aliphatic heterocycles. The summed E-state index contributed by atoms with van der Waals surface area (Å²) in [6.45, 7) is 1.51. The maximum Gasteiger partial charge on any atom is 0.331 e. The van der Waals surface area contributed by atoms with Gasteiger partial charge in [0.25, 0.3) is 5.91 Å². The second-order valence-corrected chi connectivity index (χ2v) is 6.44. The van der Waals surface area contributed by atoms with Crippen LogP contribution in [0.15, 0.2) is 59.5 Å². The van der Waals surface area contributed by atoms with Gasteiger partial charge >= 0.3 is 5.97 Å². The topological polar surface area (TPSA) is 55.4 Å². The molecule has 25 heavy (non-hydrogen) atoms. The van der Waals surface area contributed by atoms with Gasteiger partial charge in [-0.15, -0.1) is 11.8 Å². The van der Waals surface area contributed by atoms with Gasteiger partial charge < -0.3 is 10.1 Å². The van der Waals surface area contributed by atoms with Gasteiger partial charge in [0, 0.05) is 11.0 Å². The van der Waals surface area contributed by atoms with Crippen LogP contribution in [-0.2, 0) is 14.3 Å². The van der Waals surface area contributed by atoms with Crippen LogP contribution in [0.2, 0.25) is 5.02 Å². The average molecular weight is 376 g/mol. The highest BCUT2D eigenvalue weighted by Crippen LogP contribution is 2.20. The molecule has 0 fully saturated rings. The number of rotatable bonds is 6. The molecule has 0 aliphatic rings. The van der Waals surface area contributed by atoms with Crippen molar-refractivity contribution in [3.05, 3.63) is 65.2 Å². The molecule has 2 rings (SSSR count). The second-order valence-electron chi connectivity index (χ2n) is 5.15. The van der Waals surface area contributed by atoms with Gasteiger partial charge in [0.2, 0.25) is 0 Å². The maximum absolute atomic E-state index is 12.1. The van der Waals surface area contributed by atoms with Gasteiger partial charge in [-0.1, -0.05) is 35.9 Å². The predicted molar refractivity (Wildman–Crippen MR) is 103 cm³/mol. The second kappa shape index (κ2) is 9.30. The Morgan fingerprint density at radius 3 is 2.48 bits per heavy atom. The van der Waals surface area contributed by atoms with E-state index in [1.54, 1.807) is 42.1 Å². The monoisotopic (exact) mass is 375 g/mol. The molecule has 130 valence electrons. The van der Waals surface area contributed by atoms with Crippen LogP contribution >= 0.6 is 23.4 Å². The first-order chi connectivity index (χ1) is 12.0. The Balaban J connectivity index is 1.89. The molecule has 2 aromatic carbocycles. The number of benzene rings is 2. The van der Waals surface area contributed by atoms with Crippen molar-refractivity contribution in [1.29, 1.82) is 0 Å².